The molecule has 1 saturated heterocycles. The van der Waals surface area contributed by atoms with Crippen LogP contribution in [0.5, 0.6) is 0 Å². The van der Waals surface area contributed by atoms with E-state index in [4.69, 9.17) is 0 Å². The zero-order valence-corrected chi connectivity index (χ0v) is 22.5. The number of anilines is 1. The van der Waals surface area contributed by atoms with Crippen LogP contribution in [0, 0.1) is 17.7 Å². The SMILES string of the molecule is CCC(CC)CC(=O)c1cccc(CN2CCN(C(=O)c3ccc(NC(=O)NCC4CC4)c(F)c3)CC2)c1. The van der Waals surface area contributed by atoms with Crippen LogP contribution in [0.25, 0.3) is 0 Å². The number of hydrogen-bond donors (Lipinski definition) is 2. The predicted octanol–water partition coefficient (Wildman–Crippen LogP) is 5.32. The summed E-state index contributed by atoms with van der Waals surface area (Å²) in [7, 11) is 0. The van der Waals surface area contributed by atoms with Crippen molar-refractivity contribution < 1.29 is 18.8 Å². The van der Waals surface area contributed by atoms with Gasteiger partial charge >= 0.3 is 6.03 Å². The summed E-state index contributed by atoms with van der Waals surface area (Å²) in [4.78, 5) is 41.7. The first kappa shape index (κ1) is 27.8. The molecule has 0 aromatic heterocycles. The number of piperazine rings is 1. The van der Waals surface area contributed by atoms with Crippen LogP contribution in [0.3, 0.4) is 0 Å². The van der Waals surface area contributed by atoms with E-state index < -0.39 is 11.8 Å². The van der Waals surface area contributed by atoms with Crippen molar-refractivity contribution >= 4 is 23.4 Å². The van der Waals surface area contributed by atoms with E-state index in [1.807, 2.05) is 24.3 Å². The monoisotopic (exact) mass is 522 g/mol. The third-order valence-electron chi connectivity index (χ3n) is 7.66. The molecule has 2 N–H and O–H groups in total. The highest BCUT2D eigenvalue weighted by Gasteiger charge is 2.24. The fourth-order valence-electron chi connectivity index (χ4n) is 4.83. The second kappa shape index (κ2) is 13.0. The minimum Gasteiger partial charge on any atom is -0.338 e. The molecule has 0 bridgehead atoms. The highest BCUT2D eigenvalue weighted by molar-refractivity contribution is 5.96. The Hall–Kier alpha value is -3.26. The normalized spacial score (nSPS) is 15.9. The van der Waals surface area contributed by atoms with Gasteiger partial charge in [-0.25, -0.2) is 9.18 Å². The van der Waals surface area contributed by atoms with E-state index in [0.717, 1.165) is 36.8 Å². The molecule has 1 aliphatic carbocycles. The molecule has 1 aliphatic heterocycles. The summed E-state index contributed by atoms with van der Waals surface area (Å²) in [6.07, 6.45) is 4.84. The predicted molar refractivity (Wildman–Crippen MR) is 147 cm³/mol. The topological polar surface area (TPSA) is 81.8 Å². The lowest BCUT2D eigenvalue weighted by atomic mass is 9.93. The molecule has 0 unspecified atom stereocenters. The fraction of sp³-hybridized carbons (Fsp3) is 0.500. The van der Waals surface area contributed by atoms with Gasteiger partial charge < -0.3 is 15.5 Å². The summed E-state index contributed by atoms with van der Waals surface area (Å²) in [5.41, 5.74) is 2.18. The number of carbonyl (C=O) groups is 3. The van der Waals surface area contributed by atoms with Crippen LogP contribution in [0.4, 0.5) is 14.9 Å². The van der Waals surface area contributed by atoms with Crippen LogP contribution >= 0.6 is 0 Å². The highest BCUT2D eigenvalue weighted by Crippen LogP contribution is 2.27. The first-order valence-electron chi connectivity index (χ1n) is 13.8. The molecule has 2 aliphatic rings. The second-order valence-electron chi connectivity index (χ2n) is 10.6. The van der Waals surface area contributed by atoms with Crippen molar-refractivity contribution in [1.29, 1.82) is 0 Å². The van der Waals surface area contributed by atoms with E-state index in [1.165, 1.54) is 12.1 Å². The minimum atomic E-state index is -0.630. The smallest absolute Gasteiger partial charge is 0.319 e. The fourth-order valence-corrected chi connectivity index (χ4v) is 4.83. The maximum atomic E-state index is 14.6. The average Bonchev–Trinajstić information content (AvgIpc) is 3.76. The average molecular weight is 523 g/mol. The van der Waals surface area contributed by atoms with Gasteiger partial charge in [-0.3, -0.25) is 14.5 Å². The first-order chi connectivity index (χ1) is 18.4. The van der Waals surface area contributed by atoms with Gasteiger partial charge in [-0.1, -0.05) is 44.9 Å². The molecule has 2 aromatic carbocycles. The van der Waals surface area contributed by atoms with Crippen LogP contribution in [0.2, 0.25) is 0 Å². The second-order valence-corrected chi connectivity index (χ2v) is 10.6. The van der Waals surface area contributed by atoms with E-state index in [9.17, 15) is 18.8 Å². The van der Waals surface area contributed by atoms with Gasteiger partial charge in [0.1, 0.15) is 5.82 Å². The lowest BCUT2D eigenvalue weighted by molar-refractivity contribution is 0.0627. The molecular formula is C30H39FN4O3. The quantitative estimate of drug-likeness (QED) is 0.391. The van der Waals surface area contributed by atoms with E-state index in [1.54, 1.807) is 11.0 Å². The van der Waals surface area contributed by atoms with E-state index in [0.29, 0.717) is 57.5 Å². The van der Waals surface area contributed by atoms with Gasteiger partial charge in [-0.15, -0.1) is 0 Å². The lowest BCUT2D eigenvalue weighted by Gasteiger charge is -2.35. The molecule has 2 aromatic rings. The number of urea groups is 1. The molecule has 0 atom stereocenters. The Morgan fingerprint density at radius 2 is 1.71 bits per heavy atom. The van der Waals surface area contributed by atoms with Crippen LogP contribution in [-0.2, 0) is 6.54 Å². The van der Waals surface area contributed by atoms with Gasteiger partial charge in [0.05, 0.1) is 5.69 Å². The third-order valence-corrected chi connectivity index (χ3v) is 7.66. The Bertz CT molecular complexity index is 1140. The molecule has 8 heteroatoms. The number of rotatable bonds is 11. The number of amides is 3. The zero-order chi connectivity index (χ0) is 27.1. The number of Topliss-reactive ketones (excluding diaryl/α,β-unsaturated/α-hetero) is 1. The summed E-state index contributed by atoms with van der Waals surface area (Å²) in [5, 5.41) is 5.25. The van der Waals surface area contributed by atoms with Gasteiger partial charge in [-0.2, -0.15) is 0 Å². The molecule has 1 saturated carbocycles. The zero-order valence-electron chi connectivity index (χ0n) is 22.5. The summed E-state index contributed by atoms with van der Waals surface area (Å²) in [5.74, 6) is 0.305. The molecule has 38 heavy (non-hydrogen) atoms. The van der Waals surface area contributed by atoms with Crippen LogP contribution in [0.1, 0.15) is 72.2 Å². The Labute approximate surface area is 224 Å². The molecule has 4 rings (SSSR count). The molecule has 2 fully saturated rings. The van der Waals surface area contributed by atoms with Crippen molar-refractivity contribution in [2.75, 3.05) is 38.0 Å². The van der Waals surface area contributed by atoms with E-state index >= 15 is 0 Å². The van der Waals surface area contributed by atoms with Crippen LogP contribution in [0.15, 0.2) is 42.5 Å². The Morgan fingerprint density at radius 1 is 0.974 bits per heavy atom. The highest BCUT2D eigenvalue weighted by atomic mass is 19.1. The van der Waals surface area contributed by atoms with Crippen molar-refractivity contribution in [3.63, 3.8) is 0 Å². The van der Waals surface area contributed by atoms with Crippen molar-refractivity contribution in [1.82, 2.24) is 15.1 Å². The van der Waals surface area contributed by atoms with Crippen molar-refractivity contribution in [2.24, 2.45) is 11.8 Å². The van der Waals surface area contributed by atoms with E-state index in [-0.39, 0.29) is 22.9 Å². The summed E-state index contributed by atoms with van der Waals surface area (Å²) in [6, 6.07) is 11.6. The van der Waals surface area contributed by atoms with Crippen molar-refractivity contribution in [3.05, 3.63) is 65.0 Å². The molecule has 3 amide bonds. The van der Waals surface area contributed by atoms with Crippen LogP contribution in [-0.4, -0.2) is 60.2 Å². The van der Waals surface area contributed by atoms with Gasteiger partial charge in [0.25, 0.3) is 5.91 Å². The van der Waals surface area contributed by atoms with E-state index in [2.05, 4.69) is 29.4 Å². The van der Waals surface area contributed by atoms with Gasteiger partial charge in [-0.05, 0) is 54.5 Å². The summed E-state index contributed by atoms with van der Waals surface area (Å²) >= 11 is 0. The van der Waals surface area contributed by atoms with Gasteiger partial charge in [0.2, 0.25) is 0 Å². The Kier molecular flexibility index (Phi) is 9.50. The molecule has 1 heterocycles. The van der Waals surface area contributed by atoms with Crippen molar-refractivity contribution in [2.45, 2.75) is 52.5 Å². The molecule has 7 nitrogen and oxygen atoms in total. The summed E-state index contributed by atoms with van der Waals surface area (Å²) in [6.45, 7) is 8.03. The van der Waals surface area contributed by atoms with Crippen LogP contribution < -0.4 is 10.6 Å². The summed E-state index contributed by atoms with van der Waals surface area (Å²) < 4.78 is 14.6. The maximum absolute atomic E-state index is 14.6. The van der Waals surface area contributed by atoms with Crippen molar-refractivity contribution in [3.8, 4) is 0 Å². The van der Waals surface area contributed by atoms with Gasteiger partial charge in [0, 0.05) is 56.8 Å². The first-order valence-corrected chi connectivity index (χ1v) is 13.8. The largest absolute Gasteiger partial charge is 0.338 e. The number of ketones is 1. The number of carbonyl (C=O) groups excluding carboxylic acids is 3. The number of nitrogens with zero attached hydrogens (tertiary/aromatic N) is 2. The number of benzene rings is 2. The standard InChI is InChI=1S/C30H39FN4O3/c1-3-21(4-2)17-28(36)24-7-5-6-23(16-24)20-34-12-14-35(15-13-34)29(37)25-10-11-27(26(31)18-25)33-30(38)32-19-22-8-9-22/h5-7,10-11,16,18,21-22H,3-4,8-9,12-15,17,19-20H2,1-2H3,(H2,32,33,38). The number of nitrogens with one attached hydrogen (secondary N) is 2. The Morgan fingerprint density at radius 3 is 2.37 bits per heavy atom. The molecule has 204 valence electrons. The molecular weight excluding hydrogens is 483 g/mol. The number of hydrogen-bond acceptors (Lipinski definition) is 4. The molecule has 0 radical (unpaired) electrons. The minimum absolute atomic E-state index is 0.0558. The maximum Gasteiger partial charge on any atom is 0.319 e. The number of halogens is 1. The lowest BCUT2D eigenvalue weighted by Crippen LogP contribution is -2.48. The Balaban J connectivity index is 1.27. The molecule has 0 spiro atoms. The third kappa shape index (κ3) is 7.63. The van der Waals surface area contributed by atoms with Gasteiger partial charge in [0.15, 0.2) is 5.78 Å².